The molecule has 3 fully saturated rings. The summed E-state index contributed by atoms with van der Waals surface area (Å²) in [5.74, 6) is 0.845. The summed E-state index contributed by atoms with van der Waals surface area (Å²) < 4.78 is 5.10. The zero-order valence-corrected chi connectivity index (χ0v) is 8.61. The second kappa shape index (κ2) is 3.89. The van der Waals surface area contributed by atoms with Gasteiger partial charge in [0.25, 0.3) is 0 Å². The van der Waals surface area contributed by atoms with E-state index >= 15 is 0 Å². The van der Waals surface area contributed by atoms with Crippen molar-refractivity contribution < 1.29 is 14.6 Å². The van der Waals surface area contributed by atoms with Gasteiger partial charge < -0.3 is 9.84 Å². The van der Waals surface area contributed by atoms with Gasteiger partial charge in [0, 0.05) is 7.11 Å². The maximum atomic E-state index is 11.0. The van der Waals surface area contributed by atoms with E-state index < -0.39 is 12.1 Å². The molecule has 0 heterocycles. The van der Waals surface area contributed by atoms with Crippen LogP contribution in [0.15, 0.2) is 0 Å². The van der Waals surface area contributed by atoms with Crippen LogP contribution < -0.4 is 0 Å². The highest BCUT2D eigenvalue weighted by Crippen LogP contribution is 2.46. The second-order valence-corrected chi connectivity index (χ2v) is 4.67. The van der Waals surface area contributed by atoms with Gasteiger partial charge in [0.05, 0.1) is 0 Å². The monoisotopic (exact) mass is 198 g/mol. The predicted octanol–water partition coefficient (Wildman–Crippen LogP) is 1.91. The van der Waals surface area contributed by atoms with E-state index in [1.54, 1.807) is 0 Å². The molecule has 80 valence electrons. The topological polar surface area (TPSA) is 46.5 Å². The summed E-state index contributed by atoms with van der Waals surface area (Å²) in [5, 5.41) is 9.03. The molecule has 0 radical (unpaired) electrons. The SMILES string of the molecule is COC(C(=O)O)C1CC2CCC1CC2. The highest BCUT2D eigenvalue weighted by Gasteiger charge is 2.42. The van der Waals surface area contributed by atoms with Gasteiger partial charge in [-0.2, -0.15) is 0 Å². The lowest BCUT2D eigenvalue weighted by atomic mass is 9.63. The molecule has 0 aromatic rings. The molecule has 3 rings (SSSR count). The number of carboxylic acid groups (broad SMARTS) is 1. The van der Waals surface area contributed by atoms with Gasteiger partial charge in [-0.05, 0) is 37.0 Å². The molecule has 0 spiro atoms. The van der Waals surface area contributed by atoms with Gasteiger partial charge in [-0.15, -0.1) is 0 Å². The largest absolute Gasteiger partial charge is 0.479 e. The van der Waals surface area contributed by atoms with Gasteiger partial charge >= 0.3 is 5.97 Å². The Kier molecular flexibility index (Phi) is 2.77. The Morgan fingerprint density at radius 2 is 2.00 bits per heavy atom. The molecule has 3 heteroatoms. The zero-order chi connectivity index (χ0) is 10.1. The van der Waals surface area contributed by atoms with Crippen molar-refractivity contribution in [1.82, 2.24) is 0 Å². The lowest BCUT2D eigenvalue weighted by molar-refractivity contribution is -0.156. The molecule has 0 aromatic carbocycles. The summed E-state index contributed by atoms with van der Waals surface area (Å²) in [7, 11) is 1.51. The quantitative estimate of drug-likeness (QED) is 0.753. The molecular formula is C11H18O3. The van der Waals surface area contributed by atoms with E-state index in [0.29, 0.717) is 5.92 Å². The van der Waals surface area contributed by atoms with Crippen LogP contribution in [0.2, 0.25) is 0 Å². The fraction of sp³-hybridized carbons (Fsp3) is 0.909. The molecule has 0 saturated heterocycles. The number of methoxy groups -OCH3 is 1. The summed E-state index contributed by atoms with van der Waals surface area (Å²) in [6.07, 6.45) is 5.53. The molecule has 3 saturated carbocycles. The van der Waals surface area contributed by atoms with Crippen molar-refractivity contribution in [2.45, 2.75) is 38.2 Å². The second-order valence-electron chi connectivity index (χ2n) is 4.67. The van der Waals surface area contributed by atoms with Crippen molar-refractivity contribution in [3.8, 4) is 0 Å². The molecule has 3 aliphatic rings. The Bertz CT molecular complexity index is 219. The first-order valence-electron chi connectivity index (χ1n) is 5.48. The van der Waals surface area contributed by atoms with Crippen LogP contribution in [0.4, 0.5) is 0 Å². The Hall–Kier alpha value is -0.570. The van der Waals surface area contributed by atoms with E-state index in [-0.39, 0.29) is 5.92 Å². The van der Waals surface area contributed by atoms with Crippen LogP contribution in [-0.4, -0.2) is 24.3 Å². The van der Waals surface area contributed by atoms with Gasteiger partial charge in [0.2, 0.25) is 0 Å². The third-order valence-electron chi connectivity index (χ3n) is 3.99. The smallest absolute Gasteiger partial charge is 0.333 e. The summed E-state index contributed by atoms with van der Waals surface area (Å²) >= 11 is 0. The Morgan fingerprint density at radius 3 is 2.36 bits per heavy atom. The number of rotatable bonds is 3. The predicted molar refractivity (Wildman–Crippen MR) is 52.0 cm³/mol. The molecule has 3 aliphatic carbocycles. The van der Waals surface area contributed by atoms with Crippen LogP contribution in [0.3, 0.4) is 0 Å². The summed E-state index contributed by atoms with van der Waals surface area (Å²) in [5.41, 5.74) is 0. The van der Waals surface area contributed by atoms with Crippen molar-refractivity contribution in [2.75, 3.05) is 7.11 Å². The molecule has 14 heavy (non-hydrogen) atoms. The molecular weight excluding hydrogens is 180 g/mol. The van der Waals surface area contributed by atoms with Gasteiger partial charge in [-0.25, -0.2) is 4.79 Å². The average molecular weight is 198 g/mol. The van der Waals surface area contributed by atoms with E-state index in [4.69, 9.17) is 9.84 Å². The molecule has 3 nitrogen and oxygen atoms in total. The molecule has 2 unspecified atom stereocenters. The van der Waals surface area contributed by atoms with Crippen LogP contribution in [0.1, 0.15) is 32.1 Å². The number of hydrogen-bond acceptors (Lipinski definition) is 2. The summed E-state index contributed by atoms with van der Waals surface area (Å²) in [6, 6.07) is 0. The minimum Gasteiger partial charge on any atom is -0.479 e. The highest BCUT2D eigenvalue weighted by molar-refractivity contribution is 5.72. The number of hydrogen-bond donors (Lipinski definition) is 1. The molecule has 2 atom stereocenters. The Labute approximate surface area is 84.4 Å². The number of carbonyl (C=O) groups is 1. The van der Waals surface area contributed by atoms with Crippen molar-refractivity contribution in [3.63, 3.8) is 0 Å². The van der Waals surface area contributed by atoms with Gasteiger partial charge in [0.1, 0.15) is 0 Å². The summed E-state index contributed by atoms with van der Waals surface area (Å²) in [6.45, 7) is 0. The first-order chi connectivity index (χ1) is 6.72. The minimum absolute atomic E-state index is 0.269. The number of carboxylic acids is 1. The van der Waals surface area contributed by atoms with E-state index in [2.05, 4.69) is 0 Å². The lowest BCUT2D eigenvalue weighted by Gasteiger charge is -2.44. The van der Waals surface area contributed by atoms with Crippen molar-refractivity contribution in [2.24, 2.45) is 17.8 Å². The Balaban J connectivity index is 2.06. The Morgan fingerprint density at radius 1 is 1.36 bits per heavy atom. The number of ether oxygens (including phenoxy) is 1. The molecule has 2 bridgehead atoms. The van der Waals surface area contributed by atoms with Crippen LogP contribution in [0.5, 0.6) is 0 Å². The standard InChI is InChI=1S/C11H18O3/c1-14-10(11(12)13)9-6-7-2-4-8(9)5-3-7/h7-10H,2-6H2,1H3,(H,12,13). The number of aliphatic carboxylic acids is 1. The van der Waals surface area contributed by atoms with Gasteiger partial charge in [-0.3, -0.25) is 0 Å². The molecule has 0 aromatic heterocycles. The normalized spacial score (nSPS) is 38.2. The van der Waals surface area contributed by atoms with Crippen LogP contribution >= 0.6 is 0 Å². The van der Waals surface area contributed by atoms with Gasteiger partial charge in [0.15, 0.2) is 6.10 Å². The summed E-state index contributed by atoms with van der Waals surface area (Å²) in [4.78, 5) is 11.0. The van der Waals surface area contributed by atoms with Crippen LogP contribution in [0.25, 0.3) is 0 Å². The van der Waals surface area contributed by atoms with Crippen LogP contribution in [-0.2, 0) is 9.53 Å². The van der Waals surface area contributed by atoms with Crippen molar-refractivity contribution >= 4 is 5.97 Å². The first kappa shape index (κ1) is 9.97. The van der Waals surface area contributed by atoms with E-state index in [1.807, 2.05) is 0 Å². The van der Waals surface area contributed by atoms with Gasteiger partial charge in [-0.1, -0.05) is 12.8 Å². The first-order valence-corrected chi connectivity index (χ1v) is 5.48. The van der Waals surface area contributed by atoms with Crippen LogP contribution in [0, 0.1) is 17.8 Å². The number of fused-ring (bicyclic) bond motifs is 3. The molecule has 0 amide bonds. The van der Waals surface area contributed by atoms with Crippen molar-refractivity contribution in [3.05, 3.63) is 0 Å². The highest BCUT2D eigenvalue weighted by atomic mass is 16.5. The zero-order valence-electron chi connectivity index (χ0n) is 8.61. The molecule has 1 N–H and O–H groups in total. The maximum Gasteiger partial charge on any atom is 0.333 e. The third kappa shape index (κ3) is 1.65. The maximum absolute atomic E-state index is 11.0. The lowest BCUT2D eigenvalue weighted by Crippen LogP contribution is -2.42. The van der Waals surface area contributed by atoms with Crippen molar-refractivity contribution in [1.29, 1.82) is 0 Å². The minimum atomic E-state index is -0.787. The third-order valence-corrected chi connectivity index (χ3v) is 3.99. The fourth-order valence-electron chi connectivity index (χ4n) is 3.26. The fourth-order valence-corrected chi connectivity index (χ4v) is 3.26. The van der Waals surface area contributed by atoms with E-state index in [0.717, 1.165) is 12.3 Å². The van der Waals surface area contributed by atoms with E-state index in [9.17, 15) is 4.79 Å². The average Bonchev–Trinajstić information content (AvgIpc) is 2.20. The molecule has 0 aliphatic heterocycles. The van der Waals surface area contributed by atoms with E-state index in [1.165, 1.54) is 32.8 Å².